The van der Waals surface area contributed by atoms with Gasteiger partial charge in [0.2, 0.25) is 0 Å². The van der Waals surface area contributed by atoms with Gasteiger partial charge in [-0.1, -0.05) is 30.3 Å². The first-order valence-electron chi connectivity index (χ1n) is 8.80. The molecule has 0 saturated heterocycles. The second kappa shape index (κ2) is 9.91. The van der Waals surface area contributed by atoms with Crippen molar-refractivity contribution in [3.05, 3.63) is 35.9 Å². The van der Waals surface area contributed by atoms with Gasteiger partial charge in [0.1, 0.15) is 5.60 Å². The maximum absolute atomic E-state index is 12.2. The summed E-state index contributed by atoms with van der Waals surface area (Å²) in [6, 6.07) is 9.79. The molecule has 6 heteroatoms. The number of aliphatic imine (C=N–C) groups is 1. The summed E-state index contributed by atoms with van der Waals surface area (Å²) in [5, 5.41) is 9.40. The third-order valence-corrected chi connectivity index (χ3v) is 3.09. The summed E-state index contributed by atoms with van der Waals surface area (Å²) < 4.78 is 5.38. The van der Waals surface area contributed by atoms with Crippen molar-refractivity contribution in [1.82, 2.24) is 16.0 Å². The number of guanidine groups is 1. The van der Waals surface area contributed by atoms with E-state index in [1.165, 1.54) is 0 Å². The van der Waals surface area contributed by atoms with Gasteiger partial charge >= 0.3 is 6.09 Å². The van der Waals surface area contributed by atoms with Crippen molar-refractivity contribution in [3.8, 4) is 0 Å². The number of ether oxygens (including phenoxy) is 1. The van der Waals surface area contributed by atoms with Crippen LogP contribution in [0.1, 0.15) is 53.1 Å². The highest BCUT2D eigenvalue weighted by molar-refractivity contribution is 5.80. The van der Waals surface area contributed by atoms with E-state index in [1.54, 1.807) is 0 Å². The van der Waals surface area contributed by atoms with Crippen LogP contribution in [0.25, 0.3) is 0 Å². The Morgan fingerprint density at radius 3 is 2.32 bits per heavy atom. The normalized spacial score (nSPS) is 13.3. The molecule has 0 aliphatic carbocycles. The van der Waals surface area contributed by atoms with Crippen molar-refractivity contribution in [3.63, 3.8) is 0 Å². The maximum atomic E-state index is 12.2. The minimum atomic E-state index is -0.539. The summed E-state index contributed by atoms with van der Waals surface area (Å²) in [7, 11) is 0. The van der Waals surface area contributed by atoms with E-state index in [1.807, 2.05) is 58.0 Å². The molecule has 1 amide bonds. The number of hydrogen-bond acceptors (Lipinski definition) is 3. The van der Waals surface area contributed by atoms with Gasteiger partial charge in [0.15, 0.2) is 5.96 Å². The van der Waals surface area contributed by atoms with E-state index in [0.29, 0.717) is 6.54 Å². The molecule has 0 radical (unpaired) electrons. The third kappa shape index (κ3) is 8.98. The molecular weight excluding hydrogens is 316 g/mol. The summed E-state index contributed by atoms with van der Waals surface area (Å²) in [4.78, 5) is 16.8. The van der Waals surface area contributed by atoms with Crippen LogP contribution in [0.3, 0.4) is 0 Å². The number of carbonyl (C=O) groups excluding carboxylic acids is 1. The predicted molar refractivity (Wildman–Crippen MR) is 103 cm³/mol. The van der Waals surface area contributed by atoms with Crippen LogP contribution in [0, 0.1) is 0 Å². The van der Waals surface area contributed by atoms with Gasteiger partial charge in [0, 0.05) is 12.6 Å². The van der Waals surface area contributed by atoms with E-state index in [0.717, 1.165) is 18.1 Å². The first-order valence-corrected chi connectivity index (χ1v) is 8.80. The summed E-state index contributed by atoms with van der Waals surface area (Å²) >= 11 is 0. The minimum Gasteiger partial charge on any atom is -0.444 e. The van der Waals surface area contributed by atoms with Crippen molar-refractivity contribution < 1.29 is 9.53 Å². The zero-order valence-corrected chi connectivity index (χ0v) is 16.2. The number of alkyl carbamates (subject to hydrolysis) is 1. The molecule has 140 valence electrons. The van der Waals surface area contributed by atoms with Crippen molar-refractivity contribution in [2.75, 3.05) is 13.1 Å². The standard InChI is InChI=1S/C19H32N4O2/c1-7-20-17(22-14(2)3)21-13-16(15-11-9-8-10-12-15)23-18(24)25-19(4,5)6/h8-12,14,16H,7,13H2,1-6H3,(H,23,24)(H2,20,21,22). The van der Waals surface area contributed by atoms with Gasteiger partial charge in [0.05, 0.1) is 12.6 Å². The van der Waals surface area contributed by atoms with Crippen molar-refractivity contribution in [2.45, 2.75) is 59.2 Å². The molecule has 1 unspecified atom stereocenters. The average molecular weight is 348 g/mol. The minimum absolute atomic E-state index is 0.265. The van der Waals surface area contributed by atoms with Gasteiger partial charge in [-0.05, 0) is 47.1 Å². The summed E-state index contributed by atoms with van der Waals surface area (Å²) in [6.07, 6.45) is -0.446. The fraction of sp³-hybridized carbons (Fsp3) is 0.579. The molecule has 0 aliphatic rings. The van der Waals surface area contributed by atoms with Crippen LogP contribution in [0.4, 0.5) is 4.79 Å². The van der Waals surface area contributed by atoms with E-state index in [4.69, 9.17) is 4.74 Å². The molecular formula is C19H32N4O2. The molecule has 6 nitrogen and oxygen atoms in total. The van der Waals surface area contributed by atoms with Gasteiger partial charge in [-0.2, -0.15) is 0 Å². The Balaban J connectivity index is 2.89. The van der Waals surface area contributed by atoms with E-state index < -0.39 is 11.7 Å². The summed E-state index contributed by atoms with van der Waals surface area (Å²) in [6.45, 7) is 12.8. The summed E-state index contributed by atoms with van der Waals surface area (Å²) in [5.41, 5.74) is 0.445. The lowest BCUT2D eigenvalue weighted by molar-refractivity contribution is 0.0505. The Morgan fingerprint density at radius 1 is 1.16 bits per heavy atom. The van der Waals surface area contributed by atoms with E-state index in [9.17, 15) is 4.79 Å². The number of rotatable bonds is 6. The molecule has 0 fully saturated rings. The topological polar surface area (TPSA) is 74.8 Å². The third-order valence-electron chi connectivity index (χ3n) is 3.09. The molecule has 1 atom stereocenters. The molecule has 0 aromatic heterocycles. The number of hydrogen-bond donors (Lipinski definition) is 3. The van der Waals surface area contributed by atoms with Crippen molar-refractivity contribution in [2.24, 2.45) is 4.99 Å². The molecule has 25 heavy (non-hydrogen) atoms. The second-order valence-electron chi connectivity index (χ2n) is 7.13. The van der Waals surface area contributed by atoms with Crippen molar-refractivity contribution >= 4 is 12.1 Å². The highest BCUT2D eigenvalue weighted by Gasteiger charge is 2.20. The van der Waals surface area contributed by atoms with Crippen LogP contribution in [0.2, 0.25) is 0 Å². The number of nitrogens with zero attached hydrogens (tertiary/aromatic N) is 1. The quantitative estimate of drug-likeness (QED) is 0.545. The molecule has 1 aromatic carbocycles. The largest absolute Gasteiger partial charge is 0.444 e. The molecule has 3 N–H and O–H groups in total. The SMILES string of the molecule is CCNC(=NCC(NC(=O)OC(C)(C)C)c1ccccc1)NC(C)C. The van der Waals surface area contributed by atoms with Crippen LogP contribution in [-0.2, 0) is 4.74 Å². The van der Waals surface area contributed by atoms with E-state index >= 15 is 0 Å². The number of carbonyl (C=O) groups is 1. The molecule has 0 spiro atoms. The van der Waals surface area contributed by atoms with Crippen LogP contribution >= 0.6 is 0 Å². The zero-order chi connectivity index (χ0) is 18.9. The van der Waals surface area contributed by atoms with Gasteiger partial charge < -0.3 is 20.7 Å². The molecule has 0 aliphatic heterocycles. The number of amides is 1. The lowest BCUT2D eigenvalue weighted by Crippen LogP contribution is -2.42. The molecule has 0 bridgehead atoms. The number of benzene rings is 1. The molecule has 0 saturated carbocycles. The summed E-state index contributed by atoms with van der Waals surface area (Å²) in [5.74, 6) is 0.726. The van der Waals surface area contributed by atoms with E-state index in [2.05, 4.69) is 34.8 Å². The second-order valence-corrected chi connectivity index (χ2v) is 7.13. The lowest BCUT2D eigenvalue weighted by Gasteiger charge is -2.23. The highest BCUT2D eigenvalue weighted by atomic mass is 16.6. The Labute approximate surface area is 151 Å². The van der Waals surface area contributed by atoms with Crippen LogP contribution in [-0.4, -0.2) is 36.8 Å². The van der Waals surface area contributed by atoms with Crippen LogP contribution in [0.5, 0.6) is 0 Å². The Morgan fingerprint density at radius 2 is 1.80 bits per heavy atom. The van der Waals surface area contributed by atoms with Crippen LogP contribution in [0.15, 0.2) is 35.3 Å². The monoisotopic (exact) mass is 348 g/mol. The smallest absolute Gasteiger partial charge is 0.408 e. The molecule has 0 heterocycles. The Bertz CT molecular complexity index is 550. The van der Waals surface area contributed by atoms with E-state index in [-0.39, 0.29) is 12.1 Å². The lowest BCUT2D eigenvalue weighted by atomic mass is 10.1. The highest BCUT2D eigenvalue weighted by Crippen LogP contribution is 2.15. The molecule has 1 rings (SSSR count). The Kier molecular flexibility index (Phi) is 8.25. The Hall–Kier alpha value is -2.24. The maximum Gasteiger partial charge on any atom is 0.408 e. The average Bonchev–Trinajstić information content (AvgIpc) is 2.50. The van der Waals surface area contributed by atoms with Crippen molar-refractivity contribution in [1.29, 1.82) is 0 Å². The van der Waals surface area contributed by atoms with Gasteiger partial charge in [-0.25, -0.2) is 4.79 Å². The number of nitrogens with one attached hydrogen (secondary N) is 3. The van der Waals surface area contributed by atoms with Crippen LogP contribution < -0.4 is 16.0 Å². The fourth-order valence-corrected chi connectivity index (χ4v) is 2.15. The van der Waals surface area contributed by atoms with Gasteiger partial charge in [-0.15, -0.1) is 0 Å². The van der Waals surface area contributed by atoms with Gasteiger partial charge in [0.25, 0.3) is 0 Å². The van der Waals surface area contributed by atoms with Gasteiger partial charge in [-0.3, -0.25) is 4.99 Å². The zero-order valence-electron chi connectivity index (χ0n) is 16.2. The molecule has 1 aromatic rings. The first kappa shape index (κ1) is 20.8. The first-order chi connectivity index (χ1) is 11.7. The fourth-order valence-electron chi connectivity index (χ4n) is 2.15. The predicted octanol–water partition coefficient (Wildman–Crippen LogP) is 3.22.